The first-order chi connectivity index (χ1) is 8.93. The van der Waals surface area contributed by atoms with Gasteiger partial charge in [0.15, 0.2) is 11.6 Å². The fraction of sp³-hybridized carbons (Fsp3) is 0.688. The average molecular weight is 264 g/mol. The molecule has 106 valence electrons. The third-order valence-corrected chi connectivity index (χ3v) is 4.33. The van der Waals surface area contributed by atoms with E-state index in [1.54, 1.807) is 0 Å². The summed E-state index contributed by atoms with van der Waals surface area (Å²) in [6, 6.07) is 0. The predicted octanol–water partition coefficient (Wildman–Crippen LogP) is 3.26. The molecule has 3 heteroatoms. The van der Waals surface area contributed by atoms with Crippen LogP contribution in [0.25, 0.3) is 0 Å². The molecule has 2 atom stereocenters. The molecule has 1 saturated heterocycles. The average Bonchev–Trinajstić information content (AvgIpc) is 2.78. The normalized spacial score (nSPS) is 30.3. The Morgan fingerprint density at radius 3 is 2.68 bits per heavy atom. The number of ketones is 1. The Kier molecular flexibility index (Phi) is 4.26. The van der Waals surface area contributed by atoms with E-state index >= 15 is 0 Å². The summed E-state index contributed by atoms with van der Waals surface area (Å²) in [6.07, 6.45) is 4.54. The highest BCUT2D eigenvalue weighted by atomic mass is 16.7. The quantitative estimate of drug-likeness (QED) is 0.731. The molecule has 0 aromatic carbocycles. The topological polar surface area (TPSA) is 35.5 Å². The first-order valence-electron chi connectivity index (χ1n) is 7.07. The fourth-order valence-electron chi connectivity index (χ4n) is 3.04. The summed E-state index contributed by atoms with van der Waals surface area (Å²) in [7, 11) is 0. The minimum atomic E-state index is -0.505. The molecule has 0 radical (unpaired) electrons. The monoisotopic (exact) mass is 264 g/mol. The van der Waals surface area contributed by atoms with E-state index in [1.165, 1.54) is 0 Å². The summed E-state index contributed by atoms with van der Waals surface area (Å²) in [6.45, 7) is 11.2. The highest BCUT2D eigenvalue weighted by Gasteiger charge is 2.37. The van der Waals surface area contributed by atoms with Gasteiger partial charge in [-0.15, -0.1) is 0 Å². The van der Waals surface area contributed by atoms with Crippen molar-refractivity contribution >= 4 is 5.78 Å². The summed E-state index contributed by atoms with van der Waals surface area (Å²) >= 11 is 0. The molecule has 0 amide bonds. The van der Waals surface area contributed by atoms with Crippen LogP contribution in [0.5, 0.6) is 0 Å². The van der Waals surface area contributed by atoms with Gasteiger partial charge in [-0.3, -0.25) is 4.79 Å². The lowest BCUT2D eigenvalue weighted by atomic mass is 9.73. The van der Waals surface area contributed by atoms with E-state index in [4.69, 9.17) is 9.47 Å². The number of ether oxygens (including phenoxy) is 2. The molecule has 0 N–H and O–H groups in total. The van der Waals surface area contributed by atoms with Crippen molar-refractivity contribution in [1.82, 2.24) is 0 Å². The number of carbonyl (C=O) groups excluding carboxylic acids is 1. The molecule has 0 saturated carbocycles. The van der Waals surface area contributed by atoms with Gasteiger partial charge in [0.2, 0.25) is 0 Å². The van der Waals surface area contributed by atoms with Gasteiger partial charge in [-0.1, -0.05) is 18.2 Å². The Hall–Kier alpha value is -0.930. The summed E-state index contributed by atoms with van der Waals surface area (Å²) in [4.78, 5) is 12.4. The van der Waals surface area contributed by atoms with Crippen molar-refractivity contribution in [3.8, 4) is 0 Å². The van der Waals surface area contributed by atoms with Gasteiger partial charge in [-0.05, 0) is 45.1 Å². The van der Waals surface area contributed by atoms with Gasteiger partial charge in [0.25, 0.3) is 0 Å². The van der Waals surface area contributed by atoms with Crippen molar-refractivity contribution in [3.05, 3.63) is 23.8 Å². The van der Waals surface area contributed by atoms with Crippen LogP contribution in [0.15, 0.2) is 23.8 Å². The summed E-state index contributed by atoms with van der Waals surface area (Å²) in [5.41, 5.74) is 1.99. The number of carbonyl (C=O) groups is 1. The maximum atomic E-state index is 12.4. The van der Waals surface area contributed by atoms with Crippen LogP contribution in [-0.2, 0) is 14.3 Å². The lowest BCUT2D eigenvalue weighted by Gasteiger charge is -2.32. The molecule has 0 unspecified atom stereocenters. The van der Waals surface area contributed by atoms with Gasteiger partial charge in [0, 0.05) is 12.3 Å². The predicted molar refractivity (Wildman–Crippen MR) is 74.7 cm³/mol. The molecule has 1 aliphatic carbocycles. The number of Topliss-reactive ketones (excluding diaryl/α,β-unsaturated/α-hetero) is 1. The summed E-state index contributed by atoms with van der Waals surface area (Å²) < 4.78 is 11.2. The summed E-state index contributed by atoms with van der Waals surface area (Å²) in [5.74, 6) is 0.0591. The second-order valence-electron chi connectivity index (χ2n) is 5.92. The van der Waals surface area contributed by atoms with E-state index in [-0.39, 0.29) is 17.6 Å². The Bertz CT molecular complexity index is 402. The highest BCUT2D eigenvalue weighted by molar-refractivity contribution is 5.97. The van der Waals surface area contributed by atoms with Gasteiger partial charge in [-0.2, -0.15) is 0 Å². The number of hydrogen-bond donors (Lipinski definition) is 0. The van der Waals surface area contributed by atoms with Crippen molar-refractivity contribution < 1.29 is 14.3 Å². The lowest BCUT2D eigenvalue weighted by Crippen LogP contribution is -2.33. The maximum Gasteiger partial charge on any atom is 0.165 e. The minimum absolute atomic E-state index is 0.0344. The Labute approximate surface area is 115 Å². The smallest absolute Gasteiger partial charge is 0.165 e. The first-order valence-corrected chi connectivity index (χ1v) is 7.07. The second kappa shape index (κ2) is 5.59. The third kappa shape index (κ3) is 3.15. The number of hydrogen-bond acceptors (Lipinski definition) is 3. The second-order valence-corrected chi connectivity index (χ2v) is 5.92. The molecule has 1 fully saturated rings. The zero-order chi connectivity index (χ0) is 14.0. The van der Waals surface area contributed by atoms with Crippen LogP contribution in [-0.4, -0.2) is 24.8 Å². The van der Waals surface area contributed by atoms with Crippen LogP contribution in [0, 0.1) is 11.8 Å². The zero-order valence-corrected chi connectivity index (χ0v) is 12.2. The van der Waals surface area contributed by atoms with Gasteiger partial charge in [0.1, 0.15) is 0 Å². The SMILES string of the molecule is C=C(C)[C@@H]1CC=C(C)C(=O)[C@@H]1CCC1(C)OCCO1. The Morgan fingerprint density at radius 2 is 2.11 bits per heavy atom. The van der Waals surface area contributed by atoms with Crippen LogP contribution in [0.4, 0.5) is 0 Å². The number of allylic oxidation sites excluding steroid dienone is 3. The third-order valence-electron chi connectivity index (χ3n) is 4.33. The van der Waals surface area contributed by atoms with E-state index < -0.39 is 5.79 Å². The van der Waals surface area contributed by atoms with Gasteiger partial charge >= 0.3 is 0 Å². The summed E-state index contributed by atoms with van der Waals surface area (Å²) in [5, 5.41) is 0. The van der Waals surface area contributed by atoms with Crippen LogP contribution < -0.4 is 0 Å². The maximum absolute atomic E-state index is 12.4. The number of rotatable bonds is 4. The van der Waals surface area contributed by atoms with Gasteiger partial charge < -0.3 is 9.47 Å². The molecule has 19 heavy (non-hydrogen) atoms. The van der Waals surface area contributed by atoms with Crippen LogP contribution in [0.3, 0.4) is 0 Å². The lowest BCUT2D eigenvalue weighted by molar-refractivity contribution is -0.151. The van der Waals surface area contributed by atoms with Crippen molar-refractivity contribution in [1.29, 1.82) is 0 Å². The Balaban J connectivity index is 2.04. The van der Waals surface area contributed by atoms with Crippen molar-refractivity contribution in [2.24, 2.45) is 11.8 Å². The van der Waals surface area contributed by atoms with Crippen LogP contribution >= 0.6 is 0 Å². The van der Waals surface area contributed by atoms with Gasteiger partial charge in [-0.25, -0.2) is 0 Å². The van der Waals surface area contributed by atoms with Crippen molar-refractivity contribution in [3.63, 3.8) is 0 Å². The molecule has 2 aliphatic rings. The van der Waals surface area contributed by atoms with E-state index in [2.05, 4.69) is 6.58 Å². The molecule has 1 aliphatic heterocycles. The van der Waals surface area contributed by atoms with Crippen LogP contribution in [0.1, 0.15) is 40.0 Å². The Morgan fingerprint density at radius 1 is 1.47 bits per heavy atom. The van der Waals surface area contributed by atoms with Gasteiger partial charge in [0.05, 0.1) is 13.2 Å². The minimum Gasteiger partial charge on any atom is -0.348 e. The van der Waals surface area contributed by atoms with E-state index in [1.807, 2.05) is 26.8 Å². The first kappa shape index (κ1) is 14.5. The molecular formula is C16H24O3. The zero-order valence-electron chi connectivity index (χ0n) is 12.2. The van der Waals surface area contributed by atoms with E-state index in [0.29, 0.717) is 13.2 Å². The molecule has 0 spiro atoms. The van der Waals surface area contributed by atoms with Crippen molar-refractivity contribution in [2.75, 3.05) is 13.2 Å². The highest BCUT2D eigenvalue weighted by Crippen LogP contribution is 2.37. The van der Waals surface area contributed by atoms with E-state index in [0.717, 1.165) is 30.4 Å². The largest absolute Gasteiger partial charge is 0.348 e. The molecule has 2 rings (SSSR count). The molecule has 0 aromatic rings. The molecule has 1 heterocycles. The van der Waals surface area contributed by atoms with E-state index in [9.17, 15) is 4.79 Å². The van der Waals surface area contributed by atoms with Crippen molar-refractivity contribution in [2.45, 2.75) is 45.8 Å². The molecule has 0 bridgehead atoms. The molecular weight excluding hydrogens is 240 g/mol. The fourth-order valence-corrected chi connectivity index (χ4v) is 3.04. The molecule has 0 aromatic heterocycles. The van der Waals surface area contributed by atoms with Crippen LogP contribution in [0.2, 0.25) is 0 Å². The molecule has 3 nitrogen and oxygen atoms in total. The standard InChI is InChI=1S/C16H24O3/c1-11(2)13-6-5-12(3)15(17)14(13)7-8-16(4)18-9-10-19-16/h5,13-14H,1,6-10H2,2-4H3/t13-,14+/m0/s1.